The summed E-state index contributed by atoms with van der Waals surface area (Å²) < 4.78 is 67.9. The van der Waals surface area contributed by atoms with Crippen molar-refractivity contribution in [1.82, 2.24) is 0 Å². The zero-order valence-corrected chi connectivity index (χ0v) is 10.7. The number of hydrogen-bond donors (Lipinski definition) is 0. The van der Waals surface area contributed by atoms with Gasteiger partial charge in [0.25, 0.3) is 0 Å². The van der Waals surface area contributed by atoms with E-state index in [1.54, 1.807) is 5.16 Å². The van der Waals surface area contributed by atoms with E-state index in [0.717, 1.165) is 0 Å². The normalized spacial score (nSPS) is 11.2. The van der Waals surface area contributed by atoms with Gasteiger partial charge in [0.2, 0.25) is 34.4 Å². The van der Waals surface area contributed by atoms with Crippen molar-refractivity contribution in [2.75, 3.05) is 0 Å². The first-order chi connectivity index (χ1) is 7.74. The molecular weight excluding hydrogens is 327 g/mol. The molecule has 0 unspecified atom stereocenters. The van der Waals surface area contributed by atoms with Crippen LogP contribution in [0.5, 0.6) is 0 Å². The van der Waals surface area contributed by atoms with Crippen LogP contribution in [0.2, 0.25) is 0 Å². The number of hydrogen-bond acceptors (Lipinski definition) is 2. The summed E-state index contributed by atoms with van der Waals surface area (Å²) in [6.45, 7) is 0. The molecule has 1 aromatic carbocycles. The molecule has 0 aliphatic rings. The standard InChI is InChI=1S/C7Cl2F5NPS/c8-16(9,15-1-17)7-5(13)3(11)2(10)4(12)6(7)14/q+1. The van der Waals surface area contributed by atoms with Gasteiger partial charge >= 0.3 is 6.12 Å². The van der Waals surface area contributed by atoms with Crippen LogP contribution in [0.3, 0.4) is 0 Å². The van der Waals surface area contributed by atoms with Crippen molar-refractivity contribution in [3.63, 3.8) is 0 Å². The maximum Gasteiger partial charge on any atom is 0.375 e. The molecule has 1 nitrogen and oxygen atoms in total. The Kier molecular flexibility index (Phi) is 4.44. The van der Waals surface area contributed by atoms with Gasteiger partial charge in [0.05, 0.1) is 0 Å². The quantitative estimate of drug-likeness (QED) is 0.196. The third-order valence-corrected chi connectivity index (χ3v) is 4.60. The molecule has 0 saturated heterocycles. The second-order valence-corrected chi connectivity index (χ2v) is 7.85. The zero-order valence-electron chi connectivity index (χ0n) is 7.45. The van der Waals surface area contributed by atoms with E-state index in [0.29, 0.717) is 0 Å². The number of benzene rings is 1. The fraction of sp³-hybridized carbons (Fsp3) is 0. The van der Waals surface area contributed by atoms with Crippen LogP contribution in [0.4, 0.5) is 22.0 Å². The number of rotatable bonds is 2. The fourth-order valence-electron chi connectivity index (χ4n) is 0.931. The van der Waals surface area contributed by atoms with Gasteiger partial charge in [0.15, 0.2) is 0 Å². The molecule has 0 bridgehead atoms. The molecule has 0 fully saturated rings. The lowest BCUT2D eigenvalue weighted by atomic mass is 10.3. The zero-order chi connectivity index (χ0) is 13.4. The monoisotopic (exact) mass is 326 g/mol. The first kappa shape index (κ1) is 14.7. The smallest absolute Gasteiger partial charge is 0.200 e. The van der Waals surface area contributed by atoms with Crippen LogP contribution >= 0.6 is 40.8 Å². The fourth-order valence-corrected chi connectivity index (χ4v) is 3.56. The van der Waals surface area contributed by atoms with Crippen molar-refractivity contribution >= 4 is 51.3 Å². The van der Waals surface area contributed by atoms with Gasteiger partial charge in [-0.05, 0) is 17.0 Å². The van der Waals surface area contributed by atoms with Gasteiger partial charge in [-0.2, -0.15) is 8.78 Å². The molecule has 0 amide bonds. The van der Waals surface area contributed by atoms with Gasteiger partial charge in [0, 0.05) is 0 Å². The van der Waals surface area contributed by atoms with Crippen molar-refractivity contribution in [2.45, 2.75) is 0 Å². The summed E-state index contributed by atoms with van der Waals surface area (Å²) in [5.74, 6) is -10.9. The Hall–Kier alpha value is -0.320. The predicted octanol–water partition coefficient (Wildman–Crippen LogP) is 4.35. The van der Waals surface area contributed by atoms with Gasteiger partial charge in [-0.1, -0.05) is 0 Å². The van der Waals surface area contributed by atoms with Gasteiger partial charge in [-0.15, -0.1) is 0 Å². The number of isothiocyanates is 1. The molecule has 0 radical (unpaired) electrons. The topological polar surface area (TPSA) is 12.4 Å². The largest absolute Gasteiger partial charge is 0.375 e. The van der Waals surface area contributed by atoms with E-state index in [2.05, 4.69) is 17.0 Å². The van der Waals surface area contributed by atoms with Gasteiger partial charge in [-0.3, -0.25) is 0 Å². The highest BCUT2D eigenvalue weighted by Gasteiger charge is 2.48. The maximum atomic E-state index is 13.2. The summed E-state index contributed by atoms with van der Waals surface area (Å²) in [5.41, 5.74) is 0. The second kappa shape index (κ2) is 5.12. The number of nitrogens with zero attached hydrogens (tertiary/aromatic N) is 1. The van der Waals surface area contributed by atoms with Crippen LogP contribution < -0.4 is 5.30 Å². The van der Waals surface area contributed by atoms with Crippen LogP contribution in [0.25, 0.3) is 0 Å². The Bertz CT molecular complexity index is 502. The van der Waals surface area contributed by atoms with Crippen molar-refractivity contribution in [3.05, 3.63) is 29.1 Å². The molecule has 0 heterocycles. The molecule has 0 aliphatic heterocycles. The van der Waals surface area contributed by atoms with Crippen LogP contribution in [0.1, 0.15) is 0 Å². The van der Waals surface area contributed by atoms with Gasteiger partial charge in [-0.25, -0.2) is 13.2 Å². The Labute approximate surface area is 107 Å². The van der Waals surface area contributed by atoms with Gasteiger partial charge in [0.1, 0.15) is 27.6 Å². The highest BCUT2D eigenvalue weighted by atomic mass is 35.9. The highest BCUT2D eigenvalue weighted by Crippen LogP contribution is 2.69. The van der Waals surface area contributed by atoms with E-state index in [-0.39, 0.29) is 0 Å². The van der Waals surface area contributed by atoms with Crippen LogP contribution in [-0.4, -0.2) is 5.16 Å². The Morgan fingerprint density at radius 2 is 1.24 bits per heavy atom. The average Bonchev–Trinajstić information content (AvgIpc) is 2.23. The minimum absolute atomic E-state index is 1.39. The molecule has 92 valence electrons. The van der Waals surface area contributed by atoms with Crippen LogP contribution in [-0.2, 0) is 0 Å². The Balaban J connectivity index is 3.72. The number of thiocarbonyl (C=S) groups is 1. The lowest BCUT2D eigenvalue weighted by Crippen LogP contribution is -2.19. The Morgan fingerprint density at radius 1 is 0.882 bits per heavy atom. The molecule has 0 aromatic heterocycles. The maximum absolute atomic E-state index is 13.2. The lowest BCUT2D eigenvalue weighted by molar-refractivity contribution is 0.384. The predicted molar refractivity (Wildman–Crippen MR) is 59.5 cm³/mol. The summed E-state index contributed by atoms with van der Waals surface area (Å²) in [7, 11) is 0. The summed E-state index contributed by atoms with van der Waals surface area (Å²) in [6.07, 6.45) is -3.99. The number of halogens is 7. The third kappa shape index (κ3) is 2.59. The second-order valence-electron chi connectivity index (χ2n) is 2.59. The summed E-state index contributed by atoms with van der Waals surface area (Å²) >= 11 is 14.9. The minimum atomic E-state index is -3.99. The minimum Gasteiger partial charge on any atom is -0.200 e. The molecular formula is C7Cl2F5NPS+. The molecule has 0 spiro atoms. The van der Waals surface area contributed by atoms with Crippen molar-refractivity contribution in [2.24, 2.45) is 4.76 Å². The highest BCUT2D eigenvalue weighted by molar-refractivity contribution is 8.21. The molecule has 0 saturated carbocycles. The van der Waals surface area contributed by atoms with E-state index in [1.807, 2.05) is 0 Å². The molecule has 0 N–H and O–H groups in total. The molecule has 1 rings (SSSR count). The van der Waals surface area contributed by atoms with E-state index in [1.165, 1.54) is 0 Å². The summed E-state index contributed by atoms with van der Waals surface area (Å²) in [6, 6.07) is 0. The van der Waals surface area contributed by atoms with Crippen LogP contribution in [0.15, 0.2) is 4.76 Å². The van der Waals surface area contributed by atoms with Crippen molar-refractivity contribution in [1.29, 1.82) is 0 Å². The van der Waals surface area contributed by atoms with E-state index >= 15 is 0 Å². The summed E-state index contributed by atoms with van der Waals surface area (Å²) in [5, 5.41) is 0.242. The summed E-state index contributed by atoms with van der Waals surface area (Å²) in [4.78, 5) is 0. The molecule has 0 atom stereocenters. The first-order valence-electron chi connectivity index (χ1n) is 3.63. The Morgan fingerprint density at radius 3 is 1.59 bits per heavy atom. The molecule has 17 heavy (non-hydrogen) atoms. The molecule has 10 heteroatoms. The third-order valence-electron chi connectivity index (χ3n) is 1.62. The van der Waals surface area contributed by atoms with E-state index in [4.69, 9.17) is 22.5 Å². The van der Waals surface area contributed by atoms with Crippen molar-refractivity contribution < 1.29 is 22.0 Å². The molecule has 0 aliphatic carbocycles. The van der Waals surface area contributed by atoms with Gasteiger partial charge < -0.3 is 0 Å². The average molecular weight is 327 g/mol. The van der Waals surface area contributed by atoms with Crippen molar-refractivity contribution in [3.8, 4) is 0 Å². The van der Waals surface area contributed by atoms with Crippen LogP contribution in [0, 0.1) is 29.1 Å². The lowest BCUT2D eigenvalue weighted by Gasteiger charge is -2.06. The van der Waals surface area contributed by atoms with E-state index < -0.39 is 40.5 Å². The SMILES string of the molecule is Fc1c(F)c(F)c([P+](Cl)(Cl)N=C=S)c(F)c1F. The first-order valence-corrected chi connectivity index (χ1v) is 7.59. The molecule has 1 aromatic rings. The van der Waals surface area contributed by atoms with E-state index in [9.17, 15) is 22.0 Å².